The Balaban J connectivity index is 1.93. The van der Waals surface area contributed by atoms with Crippen molar-refractivity contribution in [3.8, 4) is 11.5 Å². The third-order valence-corrected chi connectivity index (χ3v) is 6.38. The molecule has 2 rings (SSSR count). The molecule has 0 radical (unpaired) electrons. The highest BCUT2D eigenvalue weighted by Crippen LogP contribution is 2.55. The first-order chi connectivity index (χ1) is 19.5. The number of alkyl halides is 12. The van der Waals surface area contributed by atoms with Crippen LogP contribution >= 0.6 is 0 Å². The van der Waals surface area contributed by atoms with Gasteiger partial charge in [0.15, 0.2) is 0 Å². The summed E-state index contributed by atoms with van der Waals surface area (Å²) in [7, 11) is -7.16. The van der Waals surface area contributed by atoms with Gasteiger partial charge in [-0.05, 0) is 61.0 Å². The molecular weight excluding hydrogens is 644 g/mol. The van der Waals surface area contributed by atoms with Gasteiger partial charge in [0.05, 0.1) is 18.9 Å². The van der Waals surface area contributed by atoms with Gasteiger partial charge in [-0.2, -0.15) is 61.1 Å². The van der Waals surface area contributed by atoms with Gasteiger partial charge in [-0.1, -0.05) is 5.16 Å². The molecule has 0 aromatic heterocycles. The first-order valence-corrected chi connectivity index (χ1v) is 12.7. The summed E-state index contributed by atoms with van der Waals surface area (Å²) in [5, 5.41) is 2.64. The van der Waals surface area contributed by atoms with Crippen molar-refractivity contribution in [2.24, 2.45) is 5.16 Å². The summed E-state index contributed by atoms with van der Waals surface area (Å²) in [5.74, 6) is -14.5. The molecule has 0 saturated carbocycles. The quantitative estimate of drug-likeness (QED) is 0.108. The number of nitrogens with one attached hydrogen (secondary N) is 1. The van der Waals surface area contributed by atoms with Gasteiger partial charge in [-0.25, -0.2) is 0 Å². The second-order valence-electron chi connectivity index (χ2n) is 8.34. The number of hydrogen-bond acceptors (Lipinski definition) is 7. The first kappa shape index (κ1) is 35.5. The van der Waals surface area contributed by atoms with Crippen LogP contribution in [0.25, 0.3) is 0 Å². The number of halogens is 12. The Hall–Kier alpha value is -3.71. The number of hydrogen-bond donors (Lipinski definition) is 1. The smallest absolute Gasteiger partial charge is 0.460 e. The molecule has 0 saturated heterocycles. The topological polar surface area (TPSA) is 98.0 Å². The standard InChI is InChI=1S/C23H18F12N2O5S/c1-13(37-42-43(38,39)23(34,35)21(29,30)20(27,28)22(31,32)33)14-3-7-16(8-4-14)40-11-2-12-41-17-9-5-15(6-10-17)18(36)19(24,25)26/h3-10,36H,2,11-12H2,1H3/b36-18?,37-13+. The zero-order chi connectivity index (χ0) is 33.1. The van der Waals surface area contributed by atoms with Crippen LogP contribution in [0.3, 0.4) is 0 Å². The fraction of sp³-hybridized carbons (Fsp3) is 0.391. The average molecular weight is 662 g/mol. The Labute approximate surface area is 234 Å². The van der Waals surface area contributed by atoms with Crippen molar-refractivity contribution in [2.45, 2.75) is 42.8 Å². The molecule has 0 bridgehead atoms. The van der Waals surface area contributed by atoms with Crippen LogP contribution in [-0.2, 0) is 14.4 Å². The maximum atomic E-state index is 13.7. The van der Waals surface area contributed by atoms with Gasteiger partial charge in [-0.3, -0.25) is 9.69 Å². The van der Waals surface area contributed by atoms with E-state index < -0.39 is 51.0 Å². The van der Waals surface area contributed by atoms with E-state index in [1.165, 1.54) is 24.3 Å². The predicted octanol–water partition coefficient (Wildman–Crippen LogP) is 6.96. The Morgan fingerprint density at radius 2 is 1.14 bits per heavy atom. The van der Waals surface area contributed by atoms with Crippen molar-refractivity contribution in [1.82, 2.24) is 0 Å². The van der Waals surface area contributed by atoms with E-state index in [4.69, 9.17) is 14.9 Å². The average Bonchev–Trinajstić information content (AvgIpc) is 2.90. The fourth-order valence-corrected chi connectivity index (χ4v) is 3.58. The van der Waals surface area contributed by atoms with E-state index >= 15 is 0 Å². The van der Waals surface area contributed by atoms with Crippen molar-refractivity contribution in [3.05, 3.63) is 59.7 Å². The molecule has 20 heteroatoms. The summed E-state index contributed by atoms with van der Waals surface area (Å²) in [6.45, 7) is 1.00. The van der Waals surface area contributed by atoms with Crippen molar-refractivity contribution in [2.75, 3.05) is 13.2 Å². The molecule has 0 aliphatic rings. The lowest BCUT2D eigenvalue weighted by Gasteiger charge is -2.31. The zero-order valence-corrected chi connectivity index (χ0v) is 22.0. The van der Waals surface area contributed by atoms with Gasteiger partial charge < -0.3 is 9.47 Å². The van der Waals surface area contributed by atoms with Crippen molar-refractivity contribution < 1.29 is 74.9 Å². The molecule has 240 valence electrons. The monoisotopic (exact) mass is 662 g/mol. The van der Waals surface area contributed by atoms with E-state index in [-0.39, 0.29) is 42.3 Å². The number of nitrogens with zero attached hydrogens (tertiary/aromatic N) is 1. The third kappa shape index (κ3) is 7.82. The zero-order valence-electron chi connectivity index (χ0n) is 21.2. The molecule has 0 fully saturated rings. The Morgan fingerprint density at radius 1 is 0.721 bits per heavy atom. The van der Waals surface area contributed by atoms with Crippen LogP contribution in [0.2, 0.25) is 0 Å². The molecule has 43 heavy (non-hydrogen) atoms. The third-order valence-electron chi connectivity index (χ3n) is 5.23. The van der Waals surface area contributed by atoms with Crippen LogP contribution in [0.15, 0.2) is 53.7 Å². The van der Waals surface area contributed by atoms with E-state index in [1.54, 1.807) is 0 Å². The van der Waals surface area contributed by atoms with Crippen molar-refractivity contribution in [1.29, 1.82) is 5.41 Å². The minimum absolute atomic E-state index is 0.0381. The van der Waals surface area contributed by atoms with E-state index in [9.17, 15) is 61.1 Å². The lowest BCUT2D eigenvalue weighted by molar-refractivity contribution is -0.382. The molecule has 2 aromatic carbocycles. The summed E-state index contributed by atoms with van der Waals surface area (Å²) in [5.41, 5.74) is -2.56. The van der Waals surface area contributed by atoms with Gasteiger partial charge in [-0.15, -0.1) is 0 Å². The van der Waals surface area contributed by atoms with Crippen LogP contribution in [-0.4, -0.2) is 62.5 Å². The minimum Gasteiger partial charge on any atom is -0.493 e. The maximum absolute atomic E-state index is 13.7. The summed E-state index contributed by atoms with van der Waals surface area (Å²) in [4.78, 5) is 0. The molecule has 0 aliphatic carbocycles. The second-order valence-corrected chi connectivity index (χ2v) is 9.91. The summed E-state index contributed by atoms with van der Waals surface area (Å²) < 4.78 is 191. The van der Waals surface area contributed by atoms with Crippen LogP contribution < -0.4 is 9.47 Å². The molecule has 0 aliphatic heterocycles. The van der Waals surface area contributed by atoms with Gasteiger partial charge in [0, 0.05) is 12.0 Å². The van der Waals surface area contributed by atoms with Crippen molar-refractivity contribution >= 4 is 21.5 Å². The molecule has 0 spiro atoms. The number of ether oxygens (including phenoxy) is 2. The highest BCUT2D eigenvalue weighted by molar-refractivity contribution is 7.87. The number of oxime groups is 1. The fourth-order valence-electron chi connectivity index (χ4n) is 2.84. The predicted molar refractivity (Wildman–Crippen MR) is 124 cm³/mol. The number of benzene rings is 2. The van der Waals surface area contributed by atoms with Crippen LogP contribution in [0, 0.1) is 5.41 Å². The van der Waals surface area contributed by atoms with Gasteiger partial charge in [0.2, 0.25) is 0 Å². The molecule has 0 heterocycles. The summed E-state index contributed by atoms with van der Waals surface area (Å²) in [6, 6.07) is 9.35. The number of rotatable bonds is 13. The molecule has 0 unspecified atom stereocenters. The molecule has 7 nitrogen and oxygen atoms in total. The molecular formula is C23H18F12N2O5S. The van der Waals surface area contributed by atoms with E-state index in [2.05, 4.69) is 9.44 Å². The first-order valence-electron chi connectivity index (χ1n) is 11.3. The van der Waals surface area contributed by atoms with E-state index in [0.717, 1.165) is 31.2 Å². The Kier molecular flexibility index (Phi) is 10.3. The molecule has 1 N–H and O–H groups in total. The van der Waals surface area contributed by atoms with Crippen LogP contribution in [0.5, 0.6) is 11.5 Å². The van der Waals surface area contributed by atoms with Crippen LogP contribution in [0.4, 0.5) is 52.7 Å². The maximum Gasteiger partial charge on any atom is 0.460 e. The SMILES string of the molecule is C/C(=N\OS(=O)(=O)C(F)(F)C(F)(F)C(F)(F)C(F)(F)F)c1ccc(OCCCOc2ccc(C(=N)C(F)(F)F)cc2)cc1. The highest BCUT2D eigenvalue weighted by Gasteiger charge is 2.86. The van der Waals surface area contributed by atoms with Crippen molar-refractivity contribution in [3.63, 3.8) is 0 Å². The highest BCUT2D eigenvalue weighted by atomic mass is 32.2. The van der Waals surface area contributed by atoms with E-state index in [0.29, 0.717) is 0 Å². The van der Waals surface area contributed by atoms with E-state index in [1.807, 2.05) is 0 Å². The lowest BCUT2D eigenvalue weighted by atomic mass is 10.1. The summed E-state index contributed by atoms with van der Waals surface area (Å²) >= 11 is 0. The molecule has 2 aromatic rings. The lowest BCUT2D eigenvalue weighted by Crippen LogP contribution is -2.63. The Morgan fingerprint density at radius 3 is 1.53 bits per heavy atom. The van der Waals surface area contributed by atoms with Gasteiger partial charge >= 0.3 is 39.6 Å². The molecule has 0 amide bonds. The largest absolute Gasteiger partial charge is 0.493 e. The minimum atomic E-state index is -7.46. The summed E-state index contributed by atoms with van der Waals surface area (Å²) in [6.07, 6.45) is -11.8. The normalized spacial score (nSPS) is 13.9. The second kappa shape index (κ2) is 12.5. The van der Waals surface area contributed by atoms with Gasteiger partial charge in [0.25, 0.3) is 0 Å². The van der Waals surface area contributed by atoms with Gasteiger partial charge in [0.1, 0.15) is 17.2 Å². The van der Waals surface area contributed by atoms with Crippen LogP contribution in [0.1, 0.15) is 24.5 Å². The molecule has 0 atom stereocenters. The Bertz CT molecular complexity index is 1410.